The van der Waals surface area contributed by atoms with Crippen LogP contribution in [-0.2, 0) is 19.9 Å². The molecule has 0 saturated carbocycles. The molecule has 3 rings (SSSR count). The van der Waals surface area contributed by atoms with Gasteiger partial charge in [0.25, 0.3) is 0 Å². The Labute approximate surface area is 187 Å². The molecular weight excluding hydrogens is 411 g/mol. The van der Waals surface area contributed by atoms with Gasteiger partial charge >= 0.3 is 5.97 Å². The number of carbonyl (C=O) groups excluding carboxylic acids is 1. The Kier molecular flexibility index (Phi) is 9.90. The SMILES string of the molecule is CCC(=O)OC1(c2ccccc2)CC(C)N(C)CC1(C)CN1CCOCC1.Cl.Cl. The summed E-state index contributed by atoms with van der Waals surface area (Å²) in [6, 6.07) is 10.7. The van der Waals surface area contributed by atoms with Gasteiger partial charge in [-0.1, -0.05) is 44.2 Å². The number of halogens is 2. The molecular formula is C22H36Cl2N2O3. The summed E-state index contributed by atoms with van der Waals surface area (Å²) in [6.45, 7) is 11.6. The van der Waals surface area contributed by atoms with Crippen molar-refractivity contribution in [2.45, 2.75) is 45.3 Å². The fourth-order valence-corrected chi connectivity index (χ4v) is 4.75. The van der Waals surface area contributed by atoms with Crippen molar-refractivity contribution >= 4 is 30.8 Å². The molecule has 3 unspecified atom stereocenters. The molecule has 0 bridgehead atoms. The van der Waals surface area contributed by atoms with E-state index in [0.717, 1.165) is 51.4 Å². The standard InChI is InChI=1S/C22H34N2O3.2ClH/c1-5-20(25)27-22(19-9-7-6-8-10-19)15-18(2)23(4)16-21(22,3)17-24-11-13-26-14-12-24;;/h6-10,18H,5,11-17H2,1-4H3;2*1H. The van der Waals surface area contributed by atoms with Crippen molar-refractivity contribution in [3.63, 3.8) is 0 Å². The van der Waals surface area contributed by atoms with Crippen LogP contribution in [0.2, 0.25) is 0 Å². The van der Waals surface area contributed by atoms with Crippen LogP contribution < -0.4 is 0 Å². The fraction of sp³-hybridized carbons (Fsp3) is 0.682. The van der Waals surface area contributed by atoms with Crippen LogP contribution in [0.3, 0.4) is 0 Å². The van der Waals surface area contributed by atoms with E-state index >= 15 is 0 Å². The molecule has 1 aromatic rings. The molecule has 0 spiro atoms. The van der Waals surface area contributed by atoms with Crippen molar-refractivity contribution in [1.82, 2.24) is 9.80 Å². The summed E-state index contributed by atoms with van der Waals surface area (Å²) in [7, 11) is 2.18. The van der Waals surface area contributed by atoms with E-state index in [-0.39, 0.29) is 36.2 Å². The lowest BCUT2D eigenvalue weighted by Crippen LogP contribution is -2.64. The lowest BCUT2D eigenvalue weighted by molar-refractivity contribution is -0.203. The van der Waals surface area contributed by atoms with Gasteiger partial charge in [-0.2, -0.15) is 0 Å². The first-order valence-corrected chi connectivity index (χ1v) is 10.2. The number of rotatable bonds is 5. The van der Waals surface area contributed by atoms with Crippen LogP contribution in [0.25, 0.3) is 0 Å². The Balaban J connectivity index is 0.00000210. The predicted octanol–water partition coefficient (Wildman–Crippen LogP) is 3.74. The van der Waals surface area contributed by atoms with Crippen LogP contribution in [0, 0.1) is 5.41 Å². The lowest BCUT2D eigenvalue weighted by Gasteiger charge is -2.57. The molecule has 7 heteroatoms. The summed E-state index contributed by atoms with van der Waals surface area (Å²) in [5, 5.41) is 0. The van der Waals surface area contributed by atoms with Crippen LogP contribution in [0.4, 0.5) is 0 Å². The van der Waals surface area contributed by atoms with Crippen molar-refractivity contribution in [2.24, 2.45) is 5.41 Å². The lowest BCUT2D eigenvalue weighted by atomic mass is 9.63. The first kappa shape index (κ1) is 26.2. The smallest absolute Gasteiger partial charge is 0.306 e. The number of nitrogens with zero attached hydrogens (tertiary/aromatic N) is 2. The van der Waals surface area contributed by atoms with Gasteiger partial charge in [0.15, 0.2) is 0 Å². The third-order valence-corrected chi connectivity index (χ3v) is 6.40. The maximum Gasteiger partial charge on any atom is 0.306 e. The van der Waals surface area contributed by atoms with Gasteiger partial charge in [0.1, 0.15) is 5.60 Å². The summed E-state index contributed by atoms with van der Waals surface area (Å²) in [6.07, 6.45) is 1.20. The molecule has 0 aliphatic carbocycles. The quantitative estimate of drug-likeness (QED) is 0.644. The zero-order chi connectivity index (χ0) is 19.5. The Morgan fingerprint density at radius 3 is 2.41 bits per heavy atom. The maximum atomic E-state index is 12.6. The van der Waals surface area contributed by atoms with Crippen LogP contribution in [0.5, 0.6) is 0 Å². The van der Waals surface area contributed by atoms with Gasteiger partial charge < -0.3 is 14.4 Å². The topological polar surface area (TPSA) is 42.0 Å². The summed E-state index contributed by atoms with van der Waals surface area (Å²) in [5.74, 6) is -0.121. The molecule has 2 saturated heterocycles. The minimum Gasteiger partial charge on any atom is -0.453 e. The van der Waals surface area contributed by atoms with Crippen molar-refractivity contribution < 1.29 is 14.3 Å². The van der Waals surface area contributed by atoms with Gasteiger partial charge in [0.05, 0.1) is 13.2 Å². The second kappa shape index (κ2) is 11.0. The molecule has 29 heavy (non-hydrogen) atoms. The van der Waals surface area contributed by atoms with Crippen molar-refractivity contribution in [1.29, 1.82) is 0 Å². The van der Waals surface area contributed by atoms with E-state index in [1.165, 1.54) is 0 Å². The second-order valence-corrected chi connectivity index (χ2v) is 8.44. The van der Waals surface area contributed by atoms with Crippen LogP contribution in [0.15, 0.2) is 30.3 Å². The summed E-state index contributed by atoms with van der Waals surface area (Å²) in [4.78, 5) is 17.4. The fourth-order valence-electron chi connectivity index (χ4n) is 4.75. The van der Waals surface area contributed by atoms with Crippen molar-refractivity contribution in [3.8, 4) is 0 Å². The molecule has 0 aromatic heterocycles. The molecule has 1 aromatic carbocycles. The van der Waals surface area contributed by atoms with E-state index in [2.05, 4.69) is 55.0 Å². The van der Waals surface area contributed by atoms with Crippen LogP contribution in [-0.4, -0.2) is 68.3 Å². The summed E-state index contributed by atoms with van der Waals surface area (Å²) in [5.41, 5.74) is 0.283. The number of morpholine rings is 1. The number of hydrogen-bond acceptors (Lipinski definition) is 5. The summed E-state index contributed by atoms with van der Waals surface area (Å²) >= 11 is 0. The van der Waals surface area contributed by atoms with E-state index in [1.807, 2.05) is 13.0 Å². The Bertz CT molecular complexity index is 642. The van der Waals surface area contributed by atoms with E-state index < -0.39 is 5.60 Å². The Morgan fingerprint density at radius 2 is 1.83 bits per heavy atom. The molecule has 0 N–H and O–H groups in total. The third kappa shape index (κ3) is 5.45. The van der Waals surface area contributed by atoms with Gasteiger partial charge in [-0.25, -0.2) is 0 Å². The average Bonchev–Trinajstić information content (AvgIpc) is 2.67. The van der Waals surface area contributed by atoms with E-state index in [4.69, 9.17) is 9.47 Å². The first-order valence-electron chi connectivity index (χ1n) is 10.2. The average molecular weight is 447 g/mol. The second-order valence-electron chi connectivity index (χ2n) is 8.44. The normalized spacial score (nSPS) is 30.7. The number of piperidine rings is 1. The number of esters is 1. The van der Waals surface area contributed by atoms with Crippen LogP contribution >= 0.6 is 24.8 Å². The van der Waals surface area contributed by atoms with Gasteiger partial charge in [-0.3, -0.25) is 9.69 Å². The number of likely N-dealkylation sites (tertiary alicyclic amines) is 1. The maximum absolute atomic E-state index is 12.6. The molecule has 166 valence electrons. The number of carbonyl (C=O) groups is 1. The molecule has 0 radical (unpaired) electrons. The molecule has 2 aliphatic heterocycles. The minimum atomic E-state index is -0.619. The van der Waals surface area contributed by atoms with Gasteiger partial charge in [0, 0.05) is 50.5 Å². The highest BCUT2D eigenvalue weighted by Crippen LogP contribution is 2.51. The third-order valence-electron chi connectivity index (χ3n) is 6.40. The minimum absolute atomic E-state index is 0. The number of benzene rings is 1. The van der Waals surface area contributed by atoms with E-state index in [9.17, 15) is 4.79 Å². The highest BCUT2D eigenvalue weighted by atomic mass is 35.5. The zero-order valence-electron chi connectivity index (χ0n) is 18.1. The largest absolute Gasteiger partial charge is 0.453 e. The first-order chi connectivity index (χ1) is 12.9. The highest BCUT2D eigenvalue weighted by molar-refractivity contribution is 5.85. The summed E-state index contributed by atoms with van der Waals surface area (Å²) < 4.78 is 11.9. The number of hydrogen-bond donors (Lipinski definition) is 0. The van der Waals surface area contributed by atoms with Crippen molar-refractivity contribution in [2.75, 3.05) is 46.4 Å². The highest BCUT2D eigenvalue weighted by Gasteiger charge is 2.57. The predicted molar refractivity (Wildman–Crippen MR) is 121 cm³/mol. The van der Waals surface area contributed by atoms with E-state index in [1.54, 1.807) is 0 Å². The Morgan fingerprint density at radius 1 is 1.21 bits per heavy atom. The zero-order valence-corrected chi connectivity index (χ0v) is 19.7. The monoisotopic (exact) mass is 446 g/mol. The van der Waals surface area contributed by atoms with Gasteiger partial charge in [-0.15, -0.1) is 24.8 Å². The molecule has 0 amide bonds. The molecule has 2 fully saturated rings. The molecule has 3 atom stereocenters. The van der Waals surface area contributed by atoms with Gasteiger partial charge in [0.2, 0.25) is 0 Å². The molecule has 2 aliphatic rings. The Hall–Kier alpha value is -0.850. The van der Waals surface area contributed by atoms with Crippen molar-refractivity contribution in [3.05, 3.63) is 35.9 Å². The van der Waals surface area contributed by atoms with E-state index in [0.29, 0.717) is 12.5 Å². The van der Waals surface area contributed by atoms with Gasteiger partial charge in [-0.05, 0) is 19.5 Å². The number of ether oxygens (including phenoxy) is 2. The van der Waals surface area contributed by atoms with Crippen LogP contribution in [0.1, 0.15) is 39.2 Å². The molecule has 5 nitrogen and oxygen atoms in total. The molecule has 2 heterocycles.